The number of amides is 1. The predicted molar refractivity (Wildman–Crippen MR) is 126 cm³/mol. The number of anilines is 1. The largest absolute Gasteiger partial charge is 0.484 e. The molecule has 9 heteroatoms. The van der Waals surface area contributed by atoms with Crippen molar-refractivity contribution >= 4 is 17.3 Å². The predicted octanol–water partition coefficient (Wildman–Crippen LogP) is 3.47. The molecule has 1 aliphatic rings. The Kier molecular flexibility index (Phi) is 5.98. The van der Waals surface area contributed by atoms with Crippen LogP contribution in [0.25, 0.3) is 28.6 Å². The van der Waals surface area contributed by atoms with Gasteiger partial charge in [0.1, 0.15) is 5.75 Å². The van der Waals surface area contributed by atoms with Crippen LogP contribution in [0.15, 0.2) is 77.4 Å². The first kappa shape index (κ1) is 21.3. The van der Waals surface area contributed by atoms with Gasteiger partial charge in [-0.3, -0.25) is 4.79 Å². The second-order valence-electron chi connectivity index (χ2n) is 7.69. The van der Waals surface area contributed by atoms with E-state index in [1.165, 1.54) is 0 Å². The summed E-state index contributed by atoms with van der Waals surface area (Å²) in [7, 11) is 0. The molecule has 0 spiro atoms. The van der Waals surface area contributed by atoms with E-state index in [0.717, 1.165) is 11.1 Å². The van der Waals surface area contributed by atoms with Gasteiger partial charge in [-0.15, -0.1) is 10.2 Å². The number of para-hydroxylation sites is 1. The monoisotopic (exact) mass is 454 g/mol. The molecule has 0 saturated heterocycles. The molecule has 9 nitrogen and oxygen atoms in total. The van der Waals surface area contributed by atoms with Gasteiger partial charge >= 0.3 is 0 Å². The van der Waals surface area contributed by atoms with Crippen molar-refractivity contribution in [3.63, 3.8) is 0 Å². The normalized spacial score (nSPS) is 13.4. The molecule has 0 saturated carbocycles. The summed E-state index contributed by atoms with van der Waals surface area (Å²) in [4.78, 5) is 23.2. The van der Waals surface area contributed by atoms with Crippen LogP contribution in [-0.4, -0.2) is 50.7 Å². The van der Waals surface area contributed by atoms with Gasteiger partial charge in [0.25, 0.3) is 11.8 Å². The number of benzene rings is 2. The van der Waals surface area contributed by atoms with Crippen molar-refractivity contribution in [2.45, 2.75) is 6.42 Å². The lowest BCUT2D eigenvalue weighted by molar-refractivity contribution is -0.132. The molecule has 0 bridgehead atoms. The Hall–Kier alpha value is -4.53. The van der Waals surface area contributed by atoms with Crippen molar-refractivity contribution < 1.29 is 13.9 Å². The maximum absolute atomic E-state index is 12.5. The summed E-state index contributed by atoms with van der Waals surface area (Å²) in [6.45, 7) is 1.02. The van der Waals surface area contributed by atoms with Crippen molar-refractivity contribution in [2.75, 3.05) is 25.4 Å². The Balaban J connectivity index is 1.28. The van der Waals surface area contributed by atoms with Crippen LogP contribution in [0.1, 0.15) is 12.1 Å². The Morgan fingerprint density at radius 2 is 1.76 bits per heavy atom. The van der Waals surface area contributed by atoms with Crippen molar-refractivity contribution in [2.24, 2.45) is 0 Å². The zero-order valence-corrected chi connectivity index (χ0v) is 18.3. The van der Waals surface area contributed by atoms with E-state index in [1.807, 2.05) is 66.7 Å². The minimum absolute atomic E-state index is 0.0000779. The second-order valence-corrected chi connectivity index (χ2v) is 7.69. The number of nitrogens with zero attached hydrogens (tertiary/aromatic N) is 5. The maximum atomic E-state index is 12.5. The van der Waals surface area contributed by atoms with E-state index >= 15 is 0 Å². The number of ether oxygens (including phenoxy) is 1. The lowest BCUT2D eigenvalue weighted by Gasteiger charge is -2.26. The molecular formula is C25H22N6O3. The van der Waals surface area contributed by atoms with Gasteiger partial charge in [-0.1, -0.05) is 42.5 Å². The van der Waals surface area contributed by atoms with Gasteiger partial charge in [-0.05, 0) is 36.3 Å². The van der Waals surface area contributed by atoms with Gasteiger partial charge in [-0.25, -0.2) is 9.97 Å². The fraction of sp³-hybridized carbons (Fsp3) is 0.160. The Labute approximate surface area is 195 Å². The van der Waals surface area contributed by atoms with E-state index in [2.05, 4.69) is 20.2 Å². The standard InChI is InChI=1S/C25H22N6O3/c26-23-22(25-30-29-24(34-25)18-7-3-1-4-8-18)28-20(15-27-23)17-11-13-31(14-12-17)21(32)16-33-19-9-5-2-6-10-19/h1-11,15H,12-14,16H2,(H2,26,27). The fourth-order valence-corrected chi connectivity index (χ4v) is 3.61. The van der Waals surface area contributed by atoms with E-state index in [-0.39, 0.29) is 24.2 Å². The number of hydrogen-bond donors (Lipinski definition) is 1. The lowest BCUT2D eigenvalue weighted by atomic mass is 10.0. The summed E-state index contributed by atoms with van der Waals surface area (Å²) in [5.74, 6) is 1.40. The zero-order chi connectivity index (χ0) is 23.3. The molecule has 2 aromatic carbocycles. The van der Waals surface area contributed by atoms with Crippen LogP contribution in [0.2, 0.25) is 0 Å². The van der Waals surface area contributed by atoms with Crippen molar-refractivity contribution in [3.8, 4) is 28.8 Å². The molecule has 34 heavy (non-hydrogen) atoms. The summed E-state index contributed by atoms with van der Waals surface area (Å²) in [6, 6.07) is 18.8. The molecule has 5 rings (SSSR count). The number of carbonyl (C=O) groups excluding carboxylic acids is 1. The Bertz CT molecular complexity index is 1320. The van der Waals surface area contributed by atoms with Crippen molar-refractivity contribution in [1.29, 1.82) is 0 Å². The second kappa shape index (κ2) is 9.53. The summed E-state index contributed by atoms with van der Waals surface area (Å²) in [6.07, 6.45) is 4.22. The highest BCUT2D eigenvalue weighted by atomic mass is 16.5. The molecule has 0 atom stereocenters. The molecule has 1 aliphatic heterocycles. The number of hydrogen-bond acceptors (Lipinski definition) is 8. The van der Waals surface area contributed by atoms with Crippen LogP contribution >= 0.6 is 0 Å². The molecule has 0 unspecified atom stereocenters. The topological polar surface area (TPSA) is 120 Å². The van der Waals surface area contributed by atoms with E-state index in [4.69, 9.17) is 14.9 Å². The molecule has 2 N–H and O–H groups in total. The number of nitrogens with two attached hydrogens (primary N) is 1. The smallest absolute Gasteiger partial charge is 0.270 e. The minimum atomic E-state index is -0.0671. The van der Waals surface area contributed by atoms with Crippen LogP contribution in [0.4, 0.5) is 5.82 Å². The van der Waals surface area contributed by atoms with Gasteiger partial charge in [0.15, 0.2) is 18.1 Å². The van der Waals surface area contributed by atoms with E-state index in [0.29, 0.717) is 42.5 Å². The summed E-state index contributed by atoms with van der Waals surface area (Å²) in [5.41, 5.74) is 8.84. The quantitative estimate of drug-likeness (QED) is 0.470. The molecule has 0 fully saturated rings. The van der Waals surface area contributed by atoms with E-state index in [9.17, 15) is 4.79 Å². The summed E-state index contributed by atoms with van der Waals surface area (Å²) in [5, 5.41) is 8.21. The van der Waals surface area contributed by atoms with Gasteiger partial charge < -0.3 is 19.8 Å². The van der Waals surface area contributed by atoms with Crippen LogP contribution < -0.4 is 10.5 Å². The van der Waals surface area contributed by atoms with Crippen LogP contribution in [0, 0.1) is 0 Å². The van der Waals surface area contributed by atoms with Crippen molar-refractivity contribution in [3.05, 3.63) is 78.6 Å². The van der Waals surface area contributed by atoms with Gasteiger partial charge in [-0.2, -0.15) is 0 Å². The highest BCUT2D eigenvalue weighted by Gasteiger charge is 2.21. The van der Waals surface area contributed by atoms with Crippen LogP contribution in [0.5, 0.6) is 5.75 Å². The lowest BCUT2D eigenvalue weighted by Crippen LogP contribution is -2.37. The summed E-state index contributed by atoms with van der Waals surface area (Å²) < 4.78 is 11.4. The van der Waals surface area contributed by atoms with Crippen molar-refractivity contribution in [1.82, 2.24) is 25.1 Å². The minimum Gasteiger partial charge on any atom is -0.484 e. The van der Waals surface area contributed by atoms with E-state index < -0.39 is 0 Å². The van der Waals surface area contributed by atoms with E-state index in [1.54, 1.807) is 11.1 Å². The van der Waals surface area contributed by atoms with Gasteiger partial charge in [0.05, 0.1) is 11.9 Å². The third-order valence-corrected chi connectivity index (χ3v) is 5.45. The Morgan fingerprint density at radius 3 is 2.50 bits per heavy atom. The number of aromatic nitrogens is 4. The molecule has 3 heterocycles. The average molecular weight is 454 g/mol. The first-order valence-electron chi connectivity index (χ1n) is 10.8. The molecule has 0 radical (unpaired) electrons. The number of rotatable bonds is 6. The van der Waals surface area contributed by atoms with Crippen LogP contribution in [-0.2, 0) is 4.79 Å². The third kappa shape index (κ3) is 4.63. The number of carbonyl (C=O) groups is 1. The average Bonchev–Trinajstić information content (AvgIpc) is 3.39. The zero-order valence-electron chi connectivity index (χ0n) is 18.3. The van der Waals surface area contributed by atoms with Gasteiger partial charge in [0.2, 0.25) is 5.89 Å². The highest BCUT2D eigenvalue weighted by Crippen LogP contribution is 2.28. The molecule has 1 amide bonds. The first-order valence-corrected chi connectivity index (χ1v) is 10.8. The molecular weight excluding hydrogens is 432 g/mol. The number of nitrogen functional groups attached to an aromatic ring is 1. The third-order valence-electron chi connectivity index (χ3n) is 5.45. The SMILES string of the molecule is Nc1ncc(C2=CCN(C(=O)COc3ccccc3)CC2)nc1-c1nnc(-c2ccccc2)o1. The van der Waals surface area contributed by atoms with Crippen LogP contribution in [0.3, 0.4) is 0 Å². The maximum Gasteiger partial charge on any atom is 0.270 e. The van der Waals surface area contributed by atoms with Gasteiger partial charge in [0, 0.05) is 18.7 Å². The molecule has 2 aromatic heterocycles. The summed E-state index contributed by atoms with van der Waals surface area (Å²) >= 11 is 0. The fourth-order valence-electron chi connectivity index (χ4n) is 3.61. The molecule has 0 aliphatic carbocycles. The first-order chi connectivity index (χ1) is 16.7. The highest BCUT2D eigenvalue weighted by molar-refractivity contribution is 5.79. The molecule has 170 valence electrons. The molecule has 4 aromatic rings. The Morgan fingerprint density at radius 1 is 1.03 bits per heavy atom.